The van der Waals surface area contributed by atoms with Crippen molar-refractivity contribution in [3.63, 3.8) is 0 Å². The Morgan fingerprint density at radius 2 is 1.92 bits per heavy atom. The van der Waals surface area contributed by atoms with Gasteiger partial charge in [-0.1, -0.05) is 20.8 Å². The van der Waals surface area contributed by atoms with Crippen LogP contribution in [0, 0.1) is 5.82 Å². The van der Waals surface area contributed by atoms with Crippen LogP contribution in [0.1, 0.15) is 36.8 Å². The predicted molar refractivity (Wildman–Crippen MR) is 94.5 cm³/mol. The monoisotopic (exact) mass is 343 g/mol. The minimum atomic E-state index is -0.314. The molecule has 1 amide bonds. The molecule has 24 heavy (non-hydrogen) atoms. The largest absolute Gasteiger partial charge is 0.306 e. The SMILES string of the molecule is CC(C)(C)c1cc(NC(=O)c2ccsc2)n(-c2ccc(F)cc2)n1. The van der Waals surface area contributed by atoms with Crippen LogP contribution in [0.5, 0.6) is 0 Å². The summed E-state index contributed by atoms with van der Waals surface area (Å²) in [6.07, 6.45) is 0. The number of carbonyl (C=O) groups is 1. The van der Waals surface area contributed by atoms with E-state index in [0.29, 0.717) is 17.1 Å². The fourth-order valence-corrected chi connectivity index (χ4v) is 2.83. The second kappa shape index (κ2) is 6.20. The average molecular weight is 343 g/mol. The van der Waals surface area contributed by atoms with Crippen LogP contribution in [0.2, 0.25) is 0 Å². The van der Waals surface area contributed by atoms with Crippen molar-refractivity contribution >= 4 is 23.1 Å². The Hall–Kier alpha value is -2.47. The molecule has 0 aliphatic carbocycles. The molecule has 3 rings (SSSR count). The molecular formula is C18H18FN3OS. The van der Waals surface area contributed by atoms with E-state index in [1.54, 1.807) is 28.3 Å². The molecule has 6 heteroatoms. The number of nitrogens with zero attached hydrogens (tertiary/aromatic N) is 2. The zero-order chi connectivity index (χ0) is 17.3. The van der Waals surface area contributed by atoms with Gasteiger partial charge < -0.3 is 5.32 Å². The van der Waals surface area contributed by atoms with E-state index in [4.69, 9.17) is 0 Å². The van der Waals surface area contributed by atoms with Crippen LogP contribution in [0.25, 0.3) is 5.69 Å². The van der Waals surface area contributed by atoms with Crippen LogP contribution in [0.15, 0.2) is 47.2 Å². The van der Waals surface area contributed by atoms with Gasteiger partial charge in [-0.2, -0.15) is 16.4 Å². The van der Waals surface area contributed by atoms with Gasteiger partial charge in [-0.15, -0.1) is 0 Å². The molecule has 2 heterocycles. The maximum atomic E-state index is 13.2. The average Bonchev–Trinajstić information content (AvgIpc) is 3.16. The molecule has 2 aromatic heterocycles. The zero-order valence-corrected chi connectivity index (χ0v) is 14.5. The van der Waals surface area contributed by atoms with E-state index >= 15 is 0 Å². The summed E-state index contributed by atoms with van der Waals surface area (Å²) < 4.78 is 14.8. The highest BCUT2D eigenvalue weighted by Crippen LogP contribution is 2.26. The fraction of sp³-hybridized carbons (Fsp3) is 0.222. The Morgan fingerprint density at radius 1 is 1.21 bits per heavy atom. The molecular weight excluding hydrogens is 325 g/mol. The van der Waals surface area contributed by atoms with Crippen LogP contribution >= 0.6 is 11.3 Å². The molecule has 0 aliphatic rings. The highest BCUT2D eigenvalue weighted by atomic mass is 32.1. The standard InChI is InChI=1S/C18H18FN3OS/c1-18(2,3)15-10-16(20-17(23)12-8-9-24-11-12)22(21-15)14-6-4-13(19)5-7-14/h4-11H,1-3H3,(H,20,23). The van der Waals surface area contributed by atoms with Gasteiger partial charge in [0.25, 0.3) is 5.91 Å². The van der Waals surface area contributed by atoms with E-state index in [-0.39, 0.29) is 17.1 Å². The summed E-state index contributed by atoms with van der Waals surface area (Å²) in [5, 5.41) is 11.1. The molecule has 124 valence electrons. The maximum Gasteiger partial charge on any atom is 0.257 e. The molecule has 0 bridgehead atoms. The molecule has 0 fully saturated rings. The number of nitrogens with one attached hydrogen (secondary N) is 1. The Bertz CT molecular complexity index is 846. The quantitative estimate of drug-likeness (QED) is 0.754. The number of anilines is 1. The van der Waals surface area contributed by atoms with Crippen LogP contribution in [-0.4, -0.2) is 15.7 Å². The summed E-state index contributed by atoms with van der Waals surface area (Å²) in [5.74, 6) is 0.0495. The van der Waals surface area contributed by atoms with Crippen molar-refractivity contribution in [2.75, 3.05) is 5.32 Å². The number of benzene rings is 1. The lowest BCUT2D eigenvalue weighted by Gasteiger charge is -2.14. The Kier molecular flexibility index (Phi) is 4.24. The maximum absolute atomic E-state index is 13.2. The molecule has 0 radical (unpaired) electrons. The van der Waals surface area contributed by atoms with Gasteiger partial charge in [-0.3, -0.25) is 4.79 Å². The fourth-order valence-electron chi connectivity index (χ4n) is 2.20. The van der Waals surface area contributed by atoms with Crippen molar-refractivity contribution in [1.29, 1.82) is 0 Å². The molecule has 0 aliphatic heterocycles. The number of halogens is 1. The number of amides is 1. The summed E-state index contributed by atoms with van der Waals surface area (Å²) in [6.45, 7) is 6.15. The number of hydrogen-bond acceptors (Lipinski definition) is 3. The highest BCUT2D eigenvalue weighted by molar-refractivity contribution is 7.08. The van der Waals surface area contributed by atoms with Gasteiger partial charge in [0.15, 0.2) is 0 Å². The third-order valence-corrected chi connectivity index (χ3v) is 4.26. The number of carbonyl (C=O) groups excluding carboxylic acids is 1. The third-order valence-electron chi connectivity index (χ3n) is 3.57. The van der Waals surface area contributed by atoms with Crippen molar-refractivity contribution in [2.45, 2.75) is 26.2 Å². The van der Waals surface area contributed by atoms with Gasteiger partial charge in [0.2, 0.25) is 0 Å². The summed E-state index contributed by atoms with van der Waals surface area (Å²) in [5.41, 5.74) is 1.96. The highest BCUT2D eigenvalue weighted by Gasteiger charge is 2.21. The molecule has 0 atom stereocenters. The molecule has 0 unspecified atom stereocenters. The van der Waals surface area contributed by atoms with E-state index in [1.165, 1.54) is 23.5 Å². The molecule has 1 aromatic carbocycles. The van der Waals surface area contributed by atoms with E-state index < -0.39 is 0 Å². The van der Waals surface area contributed by atoms with Crippen molar-refractivity contribution in [3.05, 3.63) is 64.2 Å². The number of rotatable bonds is 3. The molecule has 0 spiro atoms. The van der Waals surface area contributed by atoms with Crippen molar-refractivity contribution in [3.8, 4) is 5.69 Å². The van der Waals surface area contributed by atoms with Gasteiger partial charge in [0.1, 0.15) is 11.6 Å². The summed E-state index contributed by atoms with van der Waals surface area (Å²) in [6, 6.07) is 9.64. The van der Waals surface area contributed by atoms with Crippen molar-refractivity contribution in [2.24, 2.45) is 0 Å². The third kappa shape index (κ3) is 3.38. The number of thiophene rings is 1. The molecule has 0 saturated carbocycles. The Morgan fingerprint density at radius 3 is 2.50 bits per heavy atom. The van der Waals surface area contributed by atoms with Crippen molar-refractivity contribution < 1.29 is 9.18 Å². The second-order valence-electron chi connectivity index (χ2n) is 6.52. The van der Waals surface area contributed by atoms with Gasteiger partial charge in [-0.25, -0.2) is 9.07 Å². The van der Waals surface area contributed by atoms with Crippen molar-refractivity contribution in [1.82, 2.24) is 9.78 Å². The summed E-state index contributed by atoms with van der Waals surface area (Å²) in [7, 11) is 0. The van der Waals surface area contributed by atoms with Gasteiger partial charge in [-0.05, 0) is 35.7 Å². The smallest absolute Gasteiger partial charge is 0.257 e. The van der Waals surface area contributed by atoms with E-state index in [2.05, 4.69) is 31.2 Å². The van der Waals surface area contributed by atoms with E-state index in [0.717, 1.165) is 5.69 Å². The topological polar surface area (TPSA) is 46.9 Å². The molecule has 1 N–H and O–H groups in total. The number of aromatic nitrogens is 2. The summed E-state index contributed by atoms with van der Waals surface area (Å²) in [4.78, 5) is 12.4. The second-order valence-corrected chi connectivity index (χ2v) is 7.30. The normalized spacial score (nSPS) is 11.5. The first-order valence-corrected chi connectivity index (χ1v) is 8.49. The van der Waals surface area contributed by atoms with Crippen LogP contribution in [0.4, 0.5) is 10.2 Å². The van der Waals surface area contributed by atoms with Crippen LogP contribution in [0.3, 0.4) is 0 Å². The number of hydrogen-bond donors (Lipinski definition) is 1. The van der Waals surface area contributed by atoms with E-state index in [9.17, 15) is 9.18 Å². The Balaban J connectivity index is 2.01. The van der Waals surface area contributed by atoms with Gasteiger partial charge in [0, 0.05) is 16.9 Å². The van der Waals surface area contributed by atoms with Gasteiger partial charge in [0.05, 0.1) is 16.9 Å². The predicted octanol–water partition coefficient (Wildman–Crippen LogP) is 4.62. The molecule has 3 aromatic rings. The molecule has 0 saturated heterocycles. The minimum Gasteiger partial charge on any atom is -0.306 e. The lowest BCUT2D eigenvalue weighted by Crippen LogP contribution is -2.14. The first-order chi connectivity index (χ1) is 11.3. The summed E-state index contributed by atoms with van der Waals surface area (Å²) >= 11 is 1.47. The lowest BCUT2D eigenvalue weighted by atomic mass is 9.92. The van der Waals surface area contributed by atoms with Gasteiger partial charge >= 0.3 is 0 Å². The first kappa shape index (κ1) is 16.4. The van der Waals surface area contributed by atoms with Crippen LogP contribution < -0.4 is 5.32 Å². The molecule has 4 nitrogen and oxygen atoms in total. The minimum absolute atomic E-state index is 0.173. The lowest BCUT2D eigenvalue weighted by molar-refractivity contribution is 0.102. The first-order valence-electron chi connectivity index (χ1n) is 7.54. The zero-order valence-electron chi connectivity index (χ0n) is 13.7. The Labute approximate surface area is 143 Å². The van der Waals surface area contributed by atoms with Crippen LogP contribution in [-0.2, 0) is 5.41 Å². The van der Waals surface area contributed by atoms with E-state index in [1.807, 2.05) is 11.4 Å².